The van der Waals surface area contributed by atoms with Crippen LogP contribution in [0.15, 0.2) is 18.2 Å². The highest BCUT2D eigenvalue weighted by atomic mass is 19.1. The Bertz CT molecular complexity index is 405. The molecule has 1 aromatic rings. The summed E-state index contributed by atoms with van der Waals surface area (Å²) in [7, 11) is 0. The molecule has 0 bridgehead atoms. The standard InChI is InChI=1S/C15H23FN2/c1-15(2)5-7-18(8-6-15)11-12-3-4-14(16)9-13(12)10-17/h3-4,9H,5-8,10-11,17H2,1-2H3. The number of benzene rings is 1. The normalized spacial score (nSPS) is 20.0. The predicted molar refractivity (Wildman–Crippen MR) is 72.6 cm³/mol. The van der Waals surface area contributed by atoms with E-state index in [9.17, 15) is 4.39 Å². The van der Waals surface area contributed by atoms with E-state index in [1.165, 1.54) is 24.5 Å². The summed E-state index contributed by atoms with van der Waals surface area (Å²) in [4.78, 5) is 2.44. The lowest BCUT2D eigenvalue weighted by molar-refractivity contribution is 0.127. The van der Waals surface area contributed by atoms with Gasteiger partial charge in [0.05, 0.1) is 0 Å². The second-order valence-electron chi connectivity index (χ2n) is 6.06. The average molecular weight is 250 g/mol. The van der Waals surface area contributed by atoms with Crippen LogP contribution in [0.25, 0.3) is 0 Å². The molecule has 0 saturated carbocycles. The molecular weight excluding hydrogens is 227 g/mol. The first-order chi connectivity index (χ1) is 8.50. The van der Waals surface area contributed by atoms with Gasteiger partial charge in [-0.15, -0.1) is 0 Å². The van der Waals surface area contributed by atoms with E-state index in [1.54, 1.807) is 6.07 Å². The van der Waals surface area contributed by atoms with Gasteiger partial charge in [0.2, 0.25) is 0 Å². The Morgan fingerprint density at radius 1 is 1.22 bits per heavy atom. The van der Waals surface area contributed by atoms with Gasteiger partial charge in [0.15, 0.2) is 0 Å². The zero-order chi connectivity index (χ0) is 13.2. The maximum Gasteiger partial charge on any atom is 0.123 e. The molecule has 2 rings (SSSR count). The van der Waals surface area contributed by atoms with Gasteiger partial charge in [-0.1, -0.05) is 19.9 Å². The molecule has 1 heterocycles. The highest BCUT2D eigenvalue weighted by molar-refractivity contribution is 5.27. The molecular formula is C15H23FN2. The minimum atomic E-state index is -0.195. The molecule has 18 heavy (non-hydrogen) atoms. The van der Waals surface area contributed by atoms with E-state index in [0.29, 0.717) is 12.0 Å². The Morgan fingerprint density at radius 2 is 1.89 bits per heavy atom. The number of halogens is 1. The lowest BCUT2D eigenvalue weighted by Crippen LogP contribution is -2.37. The fraction of sp³-hybridized carbons (Fsp3) is 0.600. The molecule has 2 N–H and O–H groups in total. The Morgan fingerprint density at radius 3 is 2.50 bits per heavy atom. The third-order valence-corrected chi connectivity index (χ3v) is 3.99. The van der Waals surface area contributed by atoms with Crippen molar-refractivity contribution in [1.29, 1.82) is 0 Å². The van der Waals surface area contributed by atoms with Gasteiger partial charge in [-0.05, 0) is 54.6 Å². The number of piperidine rings is 1. The third kappa shape index (κ3) is 3.30. The zero-order valence-corrected chi connectivity index (χ0v) is 11.4. The largest absolute Gasteiger partial charge is 0.326 e. The Balaban J connectivity index is 2.02. The Hall–Kier alpha value is -0.930. The molecule has 100 valence electrons. The van der Waals surface area contributed by atoms with E-state index < -0.39 is 0 Å². The van der Waals surface area contributed by atoms with Crippen LogP contribution in [0.3, 0.4) is 0 Å². The first-order valence-corrected chi connectivity index (χ1v) is 6.70. The summed E-state index contributed by atoms with van der Waals surface area (Å²) >= 11 is 0. The first kappa shape index (κ1) is 13.5. The average Bonchev–Trinajstić information content (AvgIpc) is 2.34. The highest BCUT2D eigenvalue weighted by Crippen LogP contribution is 2.30. The third-order valence-electron chi connectivity index (χ3n) is 3.99. The van der Waals surface area contributed by atoms with Crippen molar-refractivity contribution < 1.29 is 4.39 Å². The van der Waals surface area contributed by atoms with Crippen LogP contribution in [0.1, 0.15) is 37.8 Å². The molecule has 1 saturated heterocycles. The van der Waals surface area contributed by atoms with Crippen LogP contribution in [0, 0.1) is 11.2 Å². The number of nitrogens with two attached hydrogens (primary N) is 1. The van der Waals surface area contributed by atoms with Crippen LogP contribution in [0.5, 0.6) is 0 Å². The van der Waals surface area contributed by atoms with Crippen molar-refractivity contribution >= 4 is 0 Å². The highest BCUT2D eigenvalue weighted by Gasteiger charge is 2.25. The van der Waals surface area contributed by atoms with E-state index >= 15 is 0 Å². The number of hydrogen-bond donors (Lipinski definition) is 1. The van der Waals surface area contributed by atoms with Gasteiger partial charge in [0.25, 0.3) is 0 Å². The molecule has 1 aliphatic heterocycles. The molecule has 1 aliphatic rings. The van der Waals surface area contributed by atoms with Crippen LogP contribution < -0.4 is 5.73 Å². The molecule has 0 atom stereocenters. The van der Waals surface area contributed by atoms with E-state index in [4.69, 9.17) is 5.73 Å². The van der Waals surface area contributed by atoms with Gasteiger partial charge in [-0.2, -0.15) is 0 Å². The predicted octanol–water partition coefficient (Wildman–Crippen LogP) is 2.91. The summed E-state index contributed by atoms with van der Waals surface area (Å²) in [6.45, 7) is 8.19. The second-order valence-corrected chi connectivity index (χ2v) is 6.06. The van der Waals surface area contributed by atoms with Crippen molar-refractivity contribution in [2.75, 3.05) is 13.1 Å². The van der Waals surface area contributed by atoms with Gasteiger partial charge >= 0.3 is 0 Å². The van der Waals surface area contributed by atoms with Gasteiger partial charge < -0.3 is 5.73 Å². The lowest BCUT2D eigenvalue weighted by Gasteiger charge is -2.37. The van der Waals surface area contributed by atoms with Gasteiger partial charge in [-0.3, -0.25) is 4.90 Å². The fourth-order valence-electron chi connectivity index (χ4n) is 2.50. The summed E-state index contributed by atoms with van der Waals surface area (Å²) < 4.78 is 13.1. The van der Waals surface area contributed by atoms with Crippen LogP contribution in [-0.4, -0.2) is 18.0 Å². The van der Waals surface area contributed by atoms with Crippen molar-refractivity contribution in [2.45, 2.75) is 39.8 Å². The van der Waals surface area contributed by atoms with E-state index in [0.717, 1.165) is 25.2 Å². The summed E-state index contributed by atoms with van der Waals surface area (Å²) in [6.07, 6.45) is 2.46. The molecule has 1 fully saturated rings. The SMILES string of the molecule is CC1(C)CCN(Cc2ccc(F)cc2CN)CC1. The molecule has 0 aromatic heterocycles. The summed E-state index contributed by atoms with van der Waals surface area (Å²) in [5.74, 6) is -0.195. The zero-order valence-electron chi connectivity index (χ0n) is 11.4. The molecule has 0 spiro atoms. The summed E-state index contributed by atoms with van der Waals surface area (Å²) in [5, 5.41) is 0. The van der Waals surface area contributed by atoms with Crippen molar-refractivity contribution in [2.24, 2.45) is 11.1 Å². The Kier molecular flexibility index (Phi) is 4.03. The van der Waals surface area contributed by atoms with Crippen molar-refractivity contribution in [1.82, 2.24) is 4.90 Å². The molecule has 0 radical (unpaired) electrons. The molecule has 0 unspecified atom stereocenters. The Labute approximate surface area is 109 Å². The van der Waals surface area contributed by atoms with Crippen LogP contribution in [0.2, 0.25) is 0 Å². The van der Waals surface area contributed by atoms with Gasteiger partial charge in [0, 0.05) is 13.1 Å². The quantitative estimate of drug-likeness (QED) is 0.893. The minimum absolute atomic E-state index is 0.195. The molecule has 1 aromatic carbocycles. The van der Waals surface area contributed by atoms with Gasteiger partial charge in [0.1, 0.15) is 5.82 Å². The first-order valence-electron chi connectivity index (χ1n) is 6.70. The number of rotatable bonds is 3. The molecule has 0 amide bonds. The smallest absolute Gasteiger partial charge is 0.123 e. The van der Waals surface area contributed by atoms with Crippen molar-refractivity contribution in [3.63, 3.8) is 0 Å². The fourth-order valence-corrected chi connectivity index (χ4v) is 2.50. The van der Waals surface area contributed by atoms with Crippen LogP contribution in [0.4, 0.5) is 4.39 Å². The van der Waals surface area contributed by atoms with Crippen LogP contribution >= 0.6 is 0 Å². The molecule has 2 nitrogen and oxygen atoms in total. The maximum absolute atomic E-state index is 13.1. The van der Waals surface area contributed by atoms with Crippen molar-refractivity contribution in [3.8, 4) is 0 Å². The second kappa shape index (κ2) is 5.37. The number of nitrogens with zero attached hydrogens (tertiary/aromatic N) is 1. The van der Waals surface area contributed by atoms with E-state index in [2.05, 4.69) is 18.7 Å². The minimum Gasteiger partial charge on any atom is -0.326 e. The maximum atomic E-state index is 13.1. The molecule has 0 aliphatic carbocycles. The van der Waals surface area contributed by atoms with Crippen molar-refractivity contribution in [3.05, 3.63) is 35.1 Å². The lowest BCUT2D eigenvalue weighted by atomic mass is 9.82. The topological polar surface area (TPSA) is 29.3 Å². The summed E-state index contributed by atoms with van der Waals surface area (Å²) in [5.41, 5.74) is 8.25. The number of likely N-dealkylation sites (tertiary alicyclic amines) is 1. The summed E-state index contributed by atoms with van der Waals surface area (Å²) in [6, 6.07) is 4.96. The molecule has 3 heteroatoms. The number of hydrogen-bond acceptors (Lipinski definition) is 2. The monoisotopic (exact) mass is 250 g/mol. The van der Waals surface area contributed by atoms with E-state index in [-0.39, 0.29) is 5.82 Å². The van der Waals surface area contributed by atoms with Crippen LogP contribution in [-0.2, 0) is 13.1 Å². The van der Waals surface area contributed by atoms with Gasteiger partial charge in [-0.25, -0.2) is 4.39 Å². The van der Waals surface area contributed by atoms with E-state index in [1.807, 2.05) is 6.07 Å².